The maximum atomic E-state index is 10.4. The highest BCUT2D eigenvalue weighted by molar-refractivity contribution is 6.51. The van der Waals surface area contributed by atoms with Gasteiger partial charge in [0.15, 0.2) is 4.33 Å². The number of alkyl halides is 2. The van der Waals surface area contributed by atoms with E-state index >= 15 is 0 Å². The van der Waals surface area contributed by atoms with E-state index < -0.39 is 10.1 Å². The minimum Gasteiger partial charge on any atom is -0.456 e. The minimum absolute atomic E-state index is 0.192. The summed E-state index contributed by atoms with van der Waals surface area (Å²) in [6.07, 6.45) is 1.32. The summed E-state index contributed by atoms with van der Waals surface area (Å²) < 4.78 is 4.15. The lowest BCUT2D eigenvalue weighted by Crippen LogP contribution is -2.45. The Hall–Kier alpha value is -2.04. The van der Waals surface area contributed by atoms with Crippen molar-refractivity contribution >= 4 is 39.7 Å². The van der Waals surface area contributed by atoms with Crippen molar-refractivity contribution in [2.45, 2.75) is 10.1 Å². The molecule has 3 aromatic rings. The monoisotopic (exact) mass is 372 g/mol. The lowest BCUT2D eigenvalue weighted by Gasteiger charge is -2.37. The van der Waals surface area contributed by atoms with Crippen molar-refractivity contribution in [3.8, 4) is 5.75 Å². The van der Waals surface area contributed by atoms with E-state index in [2.05, 4.69) is 0 Å². The summed E-state index contributed by atoms with van der Waals surface area (Å²) in [7, 11) is 0. The van der Waals surface area contributed by atoms with Crippen LogP contribution in [0, 0.1) is 0 Å². The highest BCUT2D eigenvalue weighted by Gasteiger charge is 2.52. The van der Waals surface area contributed by atoms with E-state index in [4.69, 9.17) is 27.9 Å². The van der Waals surface area contributed by atoms with Crippen molar-refractivity contribution in [1.29, 1.82) is 0 Å². The third-order valence-corrected chi connectivity index (χ3v) is 5.06. The molecule has 0 atom stereocenters. The number of ether oxygens (including phenoxy) is 1. The molecular formula is C20H14Cl2O3. The third-order valence-electron chi connectivity index (χ3n) is 4.31. The average Bonchev–Trinajstić information content (AvgIpc) is 2.60. The van der Waals surface area contributed by atoms with Crippen LogP contribution in [0.4, 0.5) is 0 Å². The summed E-state index contributed by atoms with van der Waals surface area (Å²) in [6.45, 7) is 0. The van der Waals surface area contributed by atoms with Gasteiger partial charge in [-0.2, -0.15) is 0 Å². The van der Waals surface area contributed by atoms with Crippen LogP contribution < -0.4 is 4.74 Å². The lowest BCUT2D eigenvalue weighted by molar-refractivity contribution is -0.173. The summed E-state index contributed by atoms with van der Waals surface area (Å²) in [6, 6.07) is 20.3. The molecule has 0 unspecified atom stereocenters. The minimum atomic E-state index is -2.42. The van der Waals surface area contributed by atoms with Crippen LogP contribution in [-0.4, -0.2) is 14.5 Å². The van der Waals surface area contributed by atoms with Gasteiger partial charge in [-0.05, 0) is 11.5 Å². The van der Waals surface area contributed by atoms with Crippen LogP contribution in [0.1, 0.15) is 11.1 Å². The van der Waals surface area contributed by atoms with Gasteiger partial charge in [0, 0.05) is 22.6 Å². The van der Waals surface area contributed by atoms with Crippen LogP contribution >= 0.6 is 23.2 Å². The summed E-state index contributed by atoms with van der Waals surface area (Å²) >= 11 is 12.4. The zero-order chi connectivity index (χ0) is 17.7. The third kappa shape index (κ3) is 2.60. The first-order valence-electron chi connectivity index (χ1n) is 7.71. The van der Waals surface area contributed by atoms with Crippen molar-refractivity contribution < 1.29 is 14.9 Å². The van der Waals surface area contributed by atoms with E-state index in [0.29, 0.717) is 17.1 Å². The van der Waals surface area contributed by atoms with Crippen LogP contribution in [0.15, 0.2) is 72.8 Å². The molecule has 1 aliphatic rings. The molecular weight excluding hydrogens is 359 g/mol. The quantitative estimate of drug-likeness (QED) is 0.511. The first kappa shape index (κ1) is 16.4. The molecule has 0 fully saturated rings. The summed E-state index contributed by atoms with van der Waals surface area (Å²) in [5.74, 6) is -1.42. The van der Waals surface area contributed by atoms with E-state index in [1.807, 2.05) is 42.5 Å². The van der Waals surface area contributed by atoms with Gasteiger partial charge in [-0.25, -0.2) is 0 Å². The van der Waals surface area contributed by atoms with Crippen molar-refractivity contribution in [3.05, 3.63) is 83.9 Å². The zero-order valence-corrected chi connectivity index (χ0v) is 14.5. The fraction of sp³-hybridized carbons (Fsp3) is 0.100. The molecule has 0 radical (unpaired) electrons. The SMILES string of the molecule is OC1(O)c2ccccc2C(Oc2cccc3ccccc23)=CC1(Cl)Cl. The van der Waals surface area contributed by atoms with Gasteiger partial charge in [-0.3, -0.25) is 0 Å². The van der Waals surface area contributed by atoms with Crippen LogP contribution in [0.2, 0.25) is 0 Å². The zero-order valence-electron chi connectivity index (χ0n) is 13.0. The molecule has 0 aromatic heterocycles. The Labute approximate surface area is 154 Å². The second kappa shape index (κ2) is 5.75. The first-order chi connectivity index (χ1) is 11.9. The molecule has 3 nitrogen and oxygen atoms in total. The van der Waals surface area contributed by atoms with Gasteiger partial charge in [0.25, 0.3) is 0 Å². The van der Waals surface area contributed by atoms with E-state index in [1.165, 1.54) is 6.08 Å². The van der Waals surface area contributed by atoms with Crippen LogP contribution in [0.3, 0.4) is 0 Å². The molecule has 0 aliphatic heterocycles. The average molecular weight is 373 g/mol. The van der Waals surface area contributed by atoms with Gasteiger partial charge >= 0.3 is 0 Å². The van der Waals surface area contributed by atoms with E-state index in [1.54, 1.807) is 24.3 Å². The molecule has 0 saturated heterocycles. The molecule has 2 N–H and O–H groups in total. The highest BCUT2D eigenvalue weighted by Crippen LogP contribution is 2.48. The Morgan fingerprint density at radius 3 is 2.32 bits per heavy atom. The number of fused-ring (bicyclic) bond motifs is 2. The Balaban J connectivity index is 1.86. The Morgan fingerprint density at radius 2 is 1.48 bits per heavy atom. The maximum Gasteiger partial charge on any atom is 0.228 e. The maximum absolute atomic E-state index is 10.4. The molecule has 4 rings (SSSR count). The number of halogens is 2. The molecule has 0 spiro atoms. The Kier molecular flexibility index (Phi) is 3.78. The fourth-order valence-electron chi connectivity index (χ4n) is 3.01. The van der Waals surface area contributed by atoms with Gasteiger partial charge < -0.3 is 14.9 Å². The number of aliphatic hydroxyl groups is 2. The summed E-state index contributed by atoms with van der Waals surface area (Å²) in [5, 5.41) is 22.8. The number of hydrogen-bond donors (Lipinski definition) is 2. The van der Waals surface area contributed by atoms with Crippen LogP contribution in [0.25, 0.3) is 16.5 Å². The van der Waals surface area contributed by atoms with Crippen LogP contribution in [-0.2, 0) is 5.79 Å². The topological polar surface area (TPSA) is 49.7 Å². The van der Waals surface area contributed by atoms with Crippen molar-refractivity contribution in [2.24, 2.45) is 0 Å². The largest absolute Gasteiger partial charge is 0.456 e. The second-order valence-electron chi connectivity index (χ2n) is 5.93. The van der Waals surface area contributed by atoms with Crippen molar-refractivity contribution in [2.75, 3.05) is 0 Å². The van der Waals surface area contributed by atoms with E-state index in [0.717, 1.165) is 10.8 Å². The highest BCUT2D eigenvalue weighted by atomic mass is 35.5. The number of hydrogen-bond acceptors (Lipinski definition) is 3. The standard InChI is InChI=1S/C20H14Cl2O3/c21-19(22)12-18(15-9-3-4-10-16(15)20(19,23)24)25-17-11-5-7-13-6-1-2-8-14(13)17/h1-12,23-24H. The van der Waals surface area contributed by atoms with Crippen LogP contribution in [0.5, 0.6) is 5.75 Å². The molecule has 0 saturated carbocycles. The molecule has 0 heterocycles. The Bertz CT molecular complexity index is 988. The predicted molar refractivity (Wildman–Crippen MR) is 99.5 cm³/mol. The normalized spacial score (nSPS) is 17.7. The van der Waals surface area contributed by atoms with Crippen molar-refractivity contribution in [3.63, 3.8) is 0 Å². The van der Waals surface area contributed by atoms with Gasteiger partial charge in [0.1, 0.15) is 11.5 Å². The number of benzene rings is 3. The second-order valence-corrected chi connectivity index (χ2v) is 7.31. The summed E-state index contributed by atoms with van der Waals surface area (Å²) in [5.41, 5.74) is 0.718. The molecule has 25 heavy (non-hydrogen) atoms. The van der Waals surface area contributed by atoms with E-state index in [-0.39, 0.29) is 5.56 Å². The molecule has 0 amide bonds. The fourth-order valence-corrected chi connectivity index (χ4v) is 3.41. The van der Waals surface area contributed by atoms with Gasteiger partial charge in [0.2, 0.25) is 5.79 Å². The molecule has 0 bridgehead atoms. The van der Waals surface area contributed by atoms with E-state index in [9.17, 15) is 10.2 Å². The molecule has 3 aromatic carbocycles. The first-order valence-corrected chi connectivity index (χ1v) is 8.47. The van der Waals surface area contributed by atoms with Gasteiger partial charge in [-0.15, -0.1) is 0 Å². The lowest BCUT2D eigenvalue weighted by atomic mass is 9.89. The summed E-state index contributed by atoms with van der Waals surface area (Å²) in [4.78, 5) is 0. The van der Waals surface area contributed by atoms with Gasteiger partial charge in [-0.1, -0.05) is 83.9 Å². The Morgan fingerprint density at radius 1 is 0.800 bits per heavy atom. The molecule has 5 heteroatoms. The van der Waals surface area contributed by atoms with Gasteiger partial charge in [0.05, 0.1) is 0 Å². The molecule has 1 aliphatic carbocycles. The van der Waals surface area contributed by atoms with Crippen molar-refractivity contribution in [1.82, 2.24) is 0 Å². The number of rotatable bonds is 2. The predicted octanol–water partition coefficient (Wildman–Crippen LogP) is 4.58. The smallest absolute Gasteiger partial charge is 0.228 e. The molecule has 126 valence electrons.